The molecule has 138 valence electrons. The second-order valence-corrected chi connectivity index (χ2v) is 6.24. The fraction of sp³-hybridized carbons (Fsp3) is 0. The second-order valence-electron chi connectivity index (χ2n) is 5.85. The molecular weight excluding hydrogens is 376 g/mol. The van der Waals surface area contributed by atoms with E-state index in [0.717, 1.165) is 16.9 Å². The van der Waals surface area contributed by atoms with Gasteiger partial charge in [-0.2, -0.15) is 14.9 Å². The summed E-state index contributed by atoms with van der Waals surface area (Å²) < 4.78 is 3.81. The highest BCUT2D eigenvalue weighted by molar-refractivity contribution is 7.71. The largest absolute Gasteiger partial charge is 0.316 e. The first-order valence-electron chi connectivity index (χ1n) is 8.33. The van der Waals surface area contributed by atoms with E-state index in [-0.39, 0.29) is 5.69 Å². The normalized spacial score (nSPS) is 11.1. The Bertz CT molecular complexity index is 1210. The van der Waals surface area contributed by atoms with Gasteiger partial charge >= 0.3 is 0 Å². The second kappa shape index (κ2) is 7.41. The number of nitrogens with one attached hydrogen (secondary N) is 1. The molecule has 2 heterocycles. The van der Waals surface area contributed by atoms with Crippen LogP contribution < -0.4 is 0 Å². The molecule has 4 aromatic rings. The minimum absolute atomic E-state index is 0.0447. The van der Waals surface area contributed by atoms with Crippen LogP contribution in [-0.4, -0.2) is 30.6 Å². The van der Waals surface area contributed by atoms with Gasteiger partial charge in [-0.3, -0.25) is 10.1 Å². The van der Waals surface area contributed by atoms with Crippen LogP contribution in [0, 0.1) is 14.9 Å². The van der Waals surface area contributed by atoms with Crippen LogP contribution in [0.5, 0.6) is 0 Å². The first kappa shape index (κ1) is 17.6. The summed E-state index contributed by atoms with van der Waals surface area (Å²) in [6.45, 7) is 0. The fourth-order valence-corrected chi connectivity index (χ4v) is 2.94. The van der Waals surface area contributed by atoms with Gasteiger partial charge in [0.1, 0.15) is 0 Å². The van der Waals surface area contributed by atoms with Crippen molar-refractivity contribution in [2.45, 2.75) is 0 Å². The maximum atomic E-state index is 10.8. The maximum Gasteiger partial charge on any atom is 0.269 e. The van der Waals surface area contributed by atoms with Gasteiger partial charge in [0, 0.05) is 29.6 Å². The standard InChI is InChI=1S/C19H14N6O2S/c26-25(27)16-10-8-15(9-11-16)23-12-4-7-17(23)13-20-24-18(21-22-19(24)28)14-5-2-1-3-6-14/h1-13H,(H,22,28)/b20-13-. The molecule has 0 atom stereocenters. The van der Waals surface area contributed by atoms with Crippen molar-refractivity contribution < 1.29 is 4.92 Å². The molecule has 28 heavy (non-hydrogen) atoms. The van der Waals surface area contributed by atoms with Gasteiger partial charge in [0.15, 0.2) is 5.82 Å². The van der Waals surface area contributed by atoms with Crippen molar-refractivity contribution in [2.24, 2.45) is 5.10 Å². The Morgan fingerprint density at radius 1 is 1.07 bits per heavy atom. The molecule has 2 aromatic carbocycles. The summed E-state index contributed by atoms with van der Waals surface area (Å²) in [5, 5.41) is 22.3. The van der Waals surface area contributed by atoms with E-state index < -0.39 is 4.92 Å². The van der Waals surface area contributed by atoms with Crippen LogP contribution in [0.1, 0.15) is 5.69 Å². The highest BCUT2D eigenvalue weighted by Crippen LogP contribution is 2.18. The number of H-pyrrole nitrogens is 1. The Labute approximate surface area is 164 Å². The molecule has 0 radical (unpaired) electrons. The molecule has 0 saturated carbocycles. The highest BCUT2D eigenvalue weighted by Gasteiger charge is 2.09. The predicted octanol–water partition coefficient (Wildman–Crippen LogP) is 4.19. The lowest BCUT2D eigenvalue weighted by Crippen LogP contribution is -2.00. The van der Waals surface area contributed by atoms with Gasteiger partial charge in [0.25, 0.3) is 5.69 Å². The number of nitro benzene ring substituents is 1. The lowest BCUT2D eigenvalue weighted by Gasteiger charge is -2.06. The molecule has 9 heteroatoms. The van der Waals surface area contributed by atoms with Gasteiger partial charge in [0.2, 0.25) is 4.77 Å². The van der Waals surface area contributed by atoms with Crippen LogP contribution in [0.25, 0.3) is 17.1 Å². The minimum atomic E-state index is -0.423. The molecule has 0 aliphatic heterocycles. The van der Waals surface area contributed by atoms with Crippen LogP contribution in [0.4, 0.5) is 5.69 Å². The fourth-order valence-electron chi connectivity index (χ4n) is 2.76. The molecule has 0 spiro atoms. The van der Waals surface area contributed by atoms with E-state index in [1.807, 2.05) is 53.2 Å². The molecule has 0 aliphatic carbocycles. The van der Waals surface area contributed by atoms with E-state index in [2.05, 4.69) is 15.3 Å². The van der Waals surface area contributed by atoms with Crippen LogP contribution >= 0.6 is 12.2 Å². The van der Waals surface area contributed by atoms with Crippen molar-refractivity contribution in [1.82, 2.24) is 19.4 Å². The summed E-state index contributed by atoms with van der Waals surface area (Å²) in [6.07, 6.45) is 3.52. The molecule has 8 nitrogen and oxygen atoms in total. The minimum Gasteiger partial charge on any atom is -0.316 e. The van der Waals surface area contributed by atoms with E-state index in [1.54, 1.807) is 23.0 Å². The summed E-state index contributed by atoms with van der Waals surface area (Å²) in [5.74, 6) is 0.607. The number of aromatic amines is 1. The third-order valence-corrected chi connectivity index (χ3v) is 4.37. The number of benzene rings is 2. The third-order valence-electron chi connectivity index (χ3n) is 4.11. The first-order chi connectivity index (χ1) is 13.6. The molecule has 0 unspecified atom stereocenters. The van der Waals surface area contributed by atoms with Gasteiger partial charge in [-0.25, -0.2) is 5.10 Å². The topological polar surface area (TPSA) is 94.0 Å². The zero-order valence-corrected chi connectivity index (χ0v) is 15.3. The number of hydrogen-bond donors (Lipinski definition) is 1. The number of non-ortho nitro benzene ring substituents is 1. The quantitative estimate of drug-likeness (QED) is 0.239. The highest BCUT2D eigenvalue weighted by atomic mass is 32.1. The average molecular weight is 390 g/mol. The smallest absolute Gasteiger partial charge is 0.269 e. The van der Waals surface area contributed by atoms with Gasteiger partial charge in [-0.05, 0) is 36.5 Å². The zero-order chi connectivity index (χ0) is 19.5. The van der Waals surface area contributed by atoms with Gasteiger partial charge < -0.3 is 4.57 Å². The van der Waals surface area contributed by atoms with E-state index in [4.69, 9.17) is 12.2 Å². The summed E-state index contributed by atoms with van der Waals surface area (Å²) in [7, 11) is 0. The Hall–Kier alpha value is -3.85. The summed E-state index contributed by atoms with van der Waals surface area (Å²) >= 11 is 5.29. The monoisotopic (exact) mass is 390 g/mol. The SMILES string of the molecule is O=[N+]([O-])c1ccc(-n2cccc2/C=N\n2c(-c3ccccc3)n[nH]c2=S)cc1. The van der Waals surface area contributed by atoms with Gasteiger partial charge in [-0.15, -0.1) is 0 Å². The zero-order valence-electron chi connectivity index (χ0n) is 14.5. The molecule has 4 rings (SSSR count). The number of rotatable bonds is 5. The van der Waals surface area contributed by atoms with E-state index in [1.165, 1.54) is 12.1 Å². The van der Waals surface area contributed by atoms with Crippen LogP contribution in [0.3, 0.4) is 0 Å². The molecule has 1 N–H and O–H groups in total. The van der Waals surface area contributed by atoms with Crippen LogP contribution in [-0.2, 0) is 0 Å². The molecule has 0 aliphatic rings. The number of hydrogen-bond acceptors (Lipinski definition) is 5. The summed E-state index contributed by atoms with van der Waals surface area (Å²) in [4.78, 5) is 10.4. The van der Waals surface area contributed by atoms with Crippen molar-refractivity contribution in [3.63, 3.8) is 0 Å². The van der Waals surface area contributed by atoms with E-state index in [0.29, 0.717) is 10.6 Å². The van der Waals surface area contributed by atoms with Crippen molar-refractivity contribution in [3.8, 4) is 17.1 Å². The van der Waals surface area contributed by atoms with Crippen molar-refractivity contribution in [3.05, 3.63) is 93.5 Å². The Kier molecular flexibility index (Phi) is 4.65. The molecule has 0 amide bonds. The summed E-state index contributed by atoms with van der Waals surface area (Å²) in [6, 6.07) is 19.7. The predicted molar refractivity (Wildman–Crippen MR) is 108 cm³/mol. The van der Waals surface area contributed by atoms with Gasteiger partial charge in [0.05, 0.1) is 16.8 Å². The molecule has 0 fully saturated rings. The lowest BCUT2D eigenvalue weighted by atomic mass is 10.2. The Morgan fingerprint density at radius 3 is 2.54 bits per heavy atom. The maximum absolute atomic E-state index is 10.8. The van der Waals surface area contributed by atoms with Gasteiger partial charge in [-0.1, -0.05) is 30.3 Å². The number of aromatic nitrogens is 4. The molecule has 0 saturated heterocycles. The van der Waals surface area contributed by atoms with Crippen molar-refractivity contribution in [2.75, 3.05) is 0 Å². The Balaban J connectivity index is 1.68. The van der Waals surface area contributed by atoms with Crippen molar-refractivity contribution in [1.29, 1.82) is 0 Å². The molecule has 2 aromatic heterocycles. The lowest BCUT2D eigenvalue weighted by molar-refractivity contribution is -0.384. The first-order valence-corrected chi connectivity index (χ1v) is 8.74. The van der Waals surface area contributed by atoms with E-state index in [9.17, 15) is 10.1 Å². The van der Waals surface area contributed by atoms with Crippen molar-refractivity contribution >= 4 is 24.1 Å². The molecular formula is C19H14N6O2S. The number of nitrogens with zero attached hydrogens (tertiary/aromatic N) is 5. The summed E-state index contributed by atoms with van der Waals surface area (Å²) in [5.41, 5.74) is 2.51. The van der Waals surface area contributed by atoms with Crippen LogP contribution in [0.2, 0.25) is 0 Å². The van der Waals surface area contributed by atoms with Crippen LogP contribution in [0.15, 0.2) is 78.0 Å². The average Bonchev–Trinajstić information content (AvgIpc) is 3.33. The third kappa shape index (κ3) is 3.38. The Morgan fingerprint density at radius 2 is 1.82 bits per heavy atom. The number of nitro groups is 1. The van der Waals surface area contributed by atoms with E-state index >= 15 is 0 Å². The molecule has 0 bridgehead atoms.